The van der Waals surface area contributed by atoms with E-state index in [0.717, 1.165) is 36.7 Å². The van der Waals surface area contributed by atoms with Gasteiger partial charge in [-0.1, -0.05) is 31.9 Å². The van der Waals surface area contributed by atoms with Crippen LogP contribution in [-0.4, -0.2) is 63.5 Å². The van der Waals surface area contributed by atoms with Gasteiger partial charge in [-0.25, -0.2) is 0 Å². The van der Waals surface area contributed by atoms with Gasteiger partial charge in [0.15, 0.2) is 0 Å². The van der Waals surface area contributed by atoms with Gasteiger partial charge in [-0.05, 0) is 12.8 Å². The largest absolute Gasteiger partial charge is 0.379 e. The number of hydrogen-bond acceptors (Lipinski definition) is 4. The van der Waals surface area contributed by atoms with Crippen LogP contribution >= 0.6 is 31.9 Å². The predicted molar refractivity (Wildman–Crippen MR) is 80.1 cm³/mol. The number of ether oxygens (including phenoxy) is 4. The minimum Gasteiger partial charge on any atom is -0.379 e. The van der Waals surface area contributed by atoms with Gasteiger partial charge in [0.05, 0.1) is 46.2 Å². The number of unbranched alkanes of at least 4 members (excludes halogenated alkanes) is 1. The molecule has 6 heteroatoms. The van der Waals surface area contributed by atoms with Crippen molar-refractivity contribution in [2.45, 2.75) is 12.8 Å². The van der Waals surface area contributed by atoms with Gasteiger partial charge >= 0.3 is 0 Å². The molecule has 0 aromatic rings. The molecule has 0 bridgehead atoms. The zero-order valence-electron chi connectivity index (χ0n) is 10.9. The van der Waals surface area contributed by atoms with Crippen LogP contribution in [0, 0.1) is 0 Å². The summed E-state index contributed by atoms with van der Waals surface area (Å²) in [6.07, 6.45) is 2.26. The standard InChI is InChI=1S/C12H24Br2O4/c13-3-1-2-5-15-7-9-17-11-12-18-10-8-16-6-4-14/h1-12H2. The molecular formula is C12H24Br2O4. The first-order valence-corrected chi connectivity index (χ1v) is 8.59. The SMILES string of the molecule is BrCCCCOCCOCCOCCOCCBr. The number of hydrogen-bond donors (Lipinski definition) is 0. The summed E-state index contributed by atoms with van der Waals surface area (Å²) in [6.45, 7) is 5.34. The van der Waals surface area contributed by atoms with Crippen LogP contribution in [0.3, 0.4) is 0 Å². The lowest BCUT2D eigenvalue weighted by Crippen LogP contribution is -2.12. The Bertz CT molecular complexity index is 134. The van der Waals surface area contributed by atoms with Gasteiger partial charge in [-0.3, -0.25) is 0 Å². The molecule has 0 heterocycles. The van der Waals surface area contributed by atoms with Crippen molar-refractivity contribution in [3.8, 4) is 0 Å². The maximum absolute atomic E-state index is 5.40. The van der Waals surface area contributed by atoms with Gasteiger partial charge < -0.3 is 18.9 Å². The molecule has 0 saturated carbocycles. The Morgan fingerprint density at radius 1 is 0.444 bits per heavy atom. The monoisotopic (exact) mass is 390 g/mol. The minimum absolute atomic E-state index is 0.612. The number of alkyl halides is 2. The van der Waals surface area contributed by atoms with Crippen LogP contribution in [0.25, 0.3) is 0 Å². The molecule has 4 nitrogen and oxygen atoms in total. The van der Waals surface area contributed by atoms with E-state index < -0.39 is 0 Å². The highest BCUT2D eigenvalue weighted by molar-refractivity contribution is 9.09. The van der Waals surface area contributed by atoms with Gasteiger partial charge in [-0.15, -0.1) is 0 Å². The first-order valence-electron chi connectivity index (χ1n) is 6.34. The molecule has 0 radical (unpaired) electrons. The van der Waals surface area contributed by atoms with Crippen LogP contribution in [0.5, 0.6) is 0 Å². The molecule has 0 aliphatic heterocycles. The van der Waals surface area contributed by atoms with Gasteiger partial charge in [0.25, 0.3) is 0 Å². The highest BCUT2D eigenvalue weighted by Gasteiger charge is 1.92. The van der Waals surface area contributed by atoms with Gasteiger partial charge in [0.1, 0.15) is 0 Å². The van der Waals surface area contributed by atoms with Crippen molar-refractivity contribution in [1.29, 1.82) is 0 Å². The second kappa shape index (κ2) is 17.8. The van der Waals surface area contributed by atoms with E-state index in [1.54, 1.807) is 0 Å². The zero-order valence-corrected chi connectivity index (χ0v) is 14.0. The smallest absolute Gasteiger partial charge is 0.0701 e. The summed E-state index contributed by atoms with van der Waals surface area (Å²) in [5.41, 5.74) is 0. The molecule has 0 aromatic heterocycles. The Labute approximate surface area is 127 Å². The van der Waals surface area contributed by atoms with Crippen LogP contribution in [0.15, 0.2) is 0 Å². The second-order valence-electron chi connectivity index (χ2n) is 3.53. The average molecular weight is 392 g/mol. The summed E-state index contributed by atoms with van der Waals surface area (Å²) in [5, 5.41) is 1.91. The molecule has 0 unspecified atom stereocenters. The predicted octanol–water partition coefficient (Wildman–Crippen LogP) is 2.62. The normalized spacial score (nSPS) is 11.0. The lowest BCUT2D eigenvalue weighted by Gasteiger charge is -2.06. The van der Waals surface area contributed by atoms with Crippen molar-refractivity contribution < 1.29 is 18.9 Å². The summed E-state index contributed by atoms with van der Waals surface area (Å²) in [5.74, 6) is 0. The molecule has 0 fully saturated rings. The maximum atomic E-state index is 5.40. The van der Waals surface area contributed by atoms with Crippen molar-refractivity contribution in [3.05, 3.63) is 0 Å². The van der Waals surface area contributed by atoms with Crippen LogP contribution in [0.4, 0.5) is 0 Å². The van der Waals surface area contributed by atoms with E-state index in [1.165, 1.54) is 0 Å². The fourth-order valence-electron chi connectivity index (χ4n) is 1.11. The topological polar surface area (TPSA) is 36.9 Å². The Morgan fingerprint density at radius 2 is 0.889 bits per heavy atom. The molecule has 0 aliphatic rings. The molecule has 0 aliphatic carbocycles. The molecular weight excluding hydrogens is 368 g/mol. The summed E-state index contributed by atoms with van der Waals surface area (Å²) in [4.78, 5) is 0. The Hall–Kier alpha value is 0.800. The fraction of sp³-hybridized carbons (Fsp3) is 1.00. The maximum Gasteiger partial charge on any atom is 0.0701 e. The van der Waals surface area contributed by atoms with Crippen LogP contribution in [0.1, 0.15) is 12.8 Å². The average Bonchev–Trinajstić information content (AvgIpc) is 2.39. The van der Waals surface area contributed by atoms with Crippen molar-refractivity contribution in [1.82, 2.24) is 0 Å². The van der Waals surface area contributed by atoms with Crippen LogP contribution < -0.4 is 0 Å². The van der Waals surface area contributed by atoms with E-state index in [2.05, 4.69) is 31.9 Å². The molecule has 0 atom stereocenters. The summed E-state index contributed by atoms with van der Waals surface area (Å²) in [7, 11) is 0. The van der Waals surface area contributed by atoms with E-state index in [9.17, 15) is 0 Å². The Balaban J connectivity index is 2.86. The van der Waals surface area contributed by atoms with E-state index in [4.69, 9.17) is 18.9 Å². The first-order chi connectivity index (χ1) is 8.91. The third kappa shape index (κ3) is 16.8. The molecule has 0 saturated heterocycles. The number of rotatable bonds is 15. The van der Waals surface area contributed by atoms with Gasteiger partial charge in [-0.2, -0.15) is 0 Å². The molecule has 0 amide bonds. The third-order valence-corrected chi connectivity index (χ3v) is 2.89. The molecule has 110 valence electrons. The lowest BCUT2D eigenvalue weighted by molar-refractivity contribution is -0.000400. The molecule has 0 N–H and O–H groups in total. The Morgan fingerprint density at radius 3 is 1.33 bits per heavy atom. The van der Waals surface area contributed by atoms with Crippen molar-refractivity contribution in [3.63, 3.8) is 0 Å². The van der Waals surface area contributed by atoms with Crippen molar-refractivity contribution in [2.24, 2.45) is 0 Å². The molecule has 0 rings (SSSR count). The summed E-state index contributed by atoms with van der Waals surface area (Å²) < 4.78 is 21.3. The molecule has 0 spiro atoms. The van der Waals surface area contributed by atoms with Gasteiger partial charge in [0, 0.05) is 17.3 Å². The van der Waals surface area contributed by atoms with Crippen molar-refractivity contribution in [2.75, 3.05) is 63.5 Å². The second-order valence-corrected chi connectivity index (χ2v) is 5.12. The summed E-state index contributed by atoms with van der Waals surface area (Å²) >= 11 is 6.67. The first kappa shape index (κ1) is 18.8. The molecule has 0 aromatic carbocycles. The lowest BCUT2D eigenvalue weighted by atomic mass is 10.4. The highest BCUT2D eigenvalue weighted by atomic mass is 79.9. The van der Waals surface area contributed by atoms with E-state index >= 15 is 0 Å². The van der Waals surface area contributed by atoms with E-state index in [0.29, 0.717) is 39.6 Å². The van der Waals surface area contributed by atoms with E-state index in [-0.39, 0.29) is 0 Å². The zero-order chi connectivity index (χ0) is 13.3. The third-order valence-electron chi connectivity index (χ3n) is 2.01. The van der Waals surface area contributed by atoms with Gasteiger partial charge in [0.2, 0.25) is 0 Å². The van der Waals surface area contributed by atoms with Crippen LogP contribution in [-0.2, 0) is 18.9 Å². The fourth-order valence-corrected chi connectivity index (χ4v) is 1.74. The molecule has 18 heavy (non-hydrogen) atoms. The van der Waals surface area contributed by atoms with E-state index in [1.807, 2.05) is 0 Å². The van der Waals surface area contributed by atoms with Crippen LogP contribution in [0.2, 0.25) is 0 Å². The minimum atomic E-state index is 0.612. The Kier molecular flexibility index (Phi) is 18.6. The number of halogens is 2. The van der Waals surface area contributed by atoms with Crippen molar-refractivity contribution >= 4 is 31.9 Å². The summed E-state index contributed by atoms with van der Waals surface area (Å²) in [6, 6.07) is 0. The highest BCUT2D eigenvalue weighted by Crippen LogP contribution is 1.94. The quantitative estimate of drug-likeness (QED) is 0.317.